The molecule has 1 saturated heterocycles. The van der Waals surface area contributed by atoms with Gasteiger partial charge in [0.25, 0.3) is 11.1 Å². The smallest absolute Gasteiger partial charge is 0.416 e. The average molecular weight is 740 g/mol. The Balaban J connectivity index is 1.54. The number of rotatable bonds is 10. The summed E-state index contributed by atoms with van der Waals surface area (Å²) in [7, 11) is 0. The van der Waals surface area contributed by atoms with Crippen molar-refractivity contribution >= 4 is 63.2 Å². The number of aromatic amines is 1. The van der Waals surface area contributed by atoms with Crippen LogP contribution in [0.5, 0.6) is 0 Å². The van der Waals surface area contributed by atoms with Gasteiger partial charge in [-0.25, -0.2) is 9.59 Å². The van der Waals surface area contributed by atoms with Gasteiger partial charge in [-0.3, -0.25) is 30.0 Å². The number of alkyl carbamates (subject to hydrolysis) is 2. The number of allylic oxidation sites excluding steroid dienone is 1. The summed E-state index contributed by atoms with van der Waals surface area (Å²) in [4.78, 5) is 60.8. The van der Waals surface area contributed by atoms with Gasteiger partial charge in [-0.1, -0.05) is 23.7 Å². The number of H-pyrrole nitrogens is 1. The van der Waals surface area contributed by atoms with E-state index in [1.165, 1.54) is 12.1 Å². The average Bonchev–Trinajstić information content (AvgIpc) is 3.55. The first-order valence-corrected chi connectivity index (χ1v) is 16.5. The van der Waals surface area contributed by atoms with Crippen LogP contribution in [0.2, 0.25) is 5.02 Å². The molecular weight excluding hydrogens is 703 g/mol. The van der Waals surface area contributed by atoms with E-state index in [1.54, 1.807) is 72.0 Å². The molecule has 0 saturated carbocycles. The molecule has 2 aromatic carbocycles. The highest BCUT2D eigenvalue weighted by Crippen LogP contribution is 2.41. The van der Waals surface area contributed by atoms with Crippen LogP contribution in [0.3, 0.4) is 0 Å². The Bertz CT molecular complexity index is 1770. The predicted molar refractivity (Wildman–Crippen MR) is 182 cm³/mol. The van der Waals surface area contributed by atoms with Crippen LogP contribution in [-0.4, -0.2) is 63.9 Å². The number of hydrogen-bond acceptors (Lipinski definition) is 9. The minimum atomic E-state index is -4.73. The lowest BCUT2D eigenvalue weighted by Gasteiger charge is -2.26. The predicted octanol–water partition coefficient (Wildman–Crippen LogP) is 7.34. The summed E-state index contributed by atoms with van der Waals surface area (Å²) in [5, 5.41) is 4.72. The maximum absolute atomic E-state index is 14.0. The van der Waals surface area contributed by atoms with Crippen molar-refractivity contribution in [2.24, 2.45) is 0 Å². The lowest BCUT2D eigenvalue weighted by molar-refractivity contribution is -0.138. The number of nitrogens with zero attached hydrogens (tertiary/aromatic N) is 1. The third-order valence-corrected chi connectivity index (χ3v) is 7.97. The number of benzene rings is 2. The van der Waals surface area contributed by atoms with Crippen LogP contribution in [0, 0.1) is 0 Å². The number of fused-ring (bicyclic) bond motifs is 1. The summed E-state index contributed by atoms with van der Waals surface area (Å²) in [6, 6.07) is 10.3. The standard InChI is InChI=1S/C33H37ClF3N5O7S/c1-31(2,3)48-28(44)39-27(40-29(45)49-32(4,5)6)41-47-14-13-42-26(43)25(50-30(42)46)22(18-8-10-24-20(15-18)11-12-38-24)16-19-7-9-21(34)17-23(19)33(35,36)37/h7-12,15,17,27,38,41H,13-14,16H2,1-6H3,(H,39,44)(H,40,45)/b25-22-. The van der Waals surface area contributed by atoms with Crippen LogP contribution in [0.25, 0.3) is 16.5 Å². The van der Waals surface area contributed by atoms with E-state index in [9.17, 15) is 32.3 Å². The first-order chi connectivity index (χ1) is 23.2. The highest BCUT2D eigenvalue weighted by molar-refractivity contribution is 8.18. The molecule has 4 rings (SSSR count). The number of halogens is 4. The van der Waals surface area contributed by atoms with E-state index in [2.05, 4.69) is 21.1 Å². The van der Waals surface area contributed by atoms with Crippen LogP contribution in [-0.2, 0) is 31.7 Å². The van der Waals surface area contributed by atoms with Crippen molar-refractivity contribution in [2.75, 3.05) is 13.2 Å². The number of alkyl halides is 3. The summed E-state index contributed by atoms with van der Waals surface area (Å²) in [6.45, 7) is 9.27. The third-order valence-electron chi connectivity index (χ3n) is 6.71. The Kier molecular flexibility index (Phi) is 11.8. The summed E-state index contributed by atoms with van der Waals surface area (Å²) in [5.74, 6) is -0.731. The number of imide groups is 1. The topological polar surface area (TPSA) is 151 Å². The van der Waals surface area contributed by atoms with E-state index >= 15 is 0 Å². The quantitative estimate of drug-likeness (QED) is 0.0725. The van der Waals surface area contributed by atoms with E-state index in [-0.39, 0.29) is 40.6 Å². The second-order valence-electron chi connectivity index (χ2n) is 13.1. The molecule has 12 nitrogen and oxygen atoms in total. The van der Waals surface area contributed by atoms with Crippen LogP contribution in [0.15, 0.2) is 53.6 Å². The van der Waals surface area contributed by atoms with Crippen molar-refractivity contribution in [1.82, 2.24) is 26.0 Å². The number of thioether (sulfide) groups is 1. The third kappa shape index (κ3) is 10.6. The first-order valence-electron chi connectivity index (χ1n) is 15.3. The van der Waals surface area contributed by atoms with Crippen LogP contribution < -0.4 is 16.1 Å². The molecule has 270 valence electrons. The molecule has 0 unspecified atom stereocenters. The Morgan fingerprint density at radius 2 is 1.58 bits per heavy atom. The number of nitrogens with one attached hydrogen (secondary N) is 4. The zero-order chi connectivity index (χ0) is 37.0. The molecule has 4 amide bonds. The van der Waals surface area contributed by atoms with E-state index in [0.29, 0.717) is 17.3 Å². The maximum atomic E-state index is 14.0. The Labute approximate surface area is 295 Å². The normalized spacial score (nSPS) is 15.1. The molecule has 3 aromatic rings. The van der Waals surface area contributed by atoms with Crippen LogP contribution in [0.1, 0.15) is 58.2 Å². The van der Waals surface area contributed by atoms with Crippen LogP contribution >= 0.6 is 23.4 Å². The van der Waals surface area contributed by atoms with Crippen molar-refractivity contribution in [1.29, 1.82) is 0 Å². The molecule has 4 N–H and O–H groups in total. The van der Waals surface area contributed by atoms with Crippen molar-refractivity contribution in [3.05, 3.63) is 75.3 Å². The van der Waals surface area contributed by atoms with Gasteiger partial charge in [0.05, 0.1) is 23.6 Å². The number of ether oxygens (including phenoxy) is 2. The molecule has 50 heavy (non-hydrogen) atoms. The molecule has 1 fully saturated rings. The fraction of sp³-hybridized carbons (Fsp3) is 0.394. The second-order valence-corrected chi connectivity index (χ2v) is 14.5. The van der Waals surface area contributed by atoms with Gasteiger partial charge in [0.15, 0.2) is 6.29 Å². The fourth-order valence-electron chi connectivity index (χ4n) is 4.71. The lowest BCUT2D eigenvalue weighted by atomic mass is 9.93. The van der Waals surface area contributed by atoms with E-state index in [0.717, 1.165) is 21.9 Å². The van der Waals surface area contributed by atoms with Gasteiger partial charge >= 0.3 is 18.4 Å². The SMILES string of the molecule is CC(C)(C)OC(=O)NC(NOCCN1C(=O)S/C(=C(/Cc2ccc(Cl)cc2C(F)(F)F)c2ccc3[nH]ccc3c2)C1=O)NC(=O)OC(C)(C)C. The zero-order valence-electron chi connectivity index (χ0n) is 28.0. The van der Waals surface area contributed by atoms with Gasteiger partial charge in [0.1, 0.15) is 11.2 Å². The first kappa shape index (κ1) is 38.6. The molecule has 1 aliphatic heterocycles. The summed E-state index contributed by atoms with van der Waals surface area (Å²) < 4.78 is 52.6. The van der Waals surface area contributed by atoms with Crippen molar-refractivity contribution < 1.29 is 46.7 Å². The number of carbonyl (C=O) groups is 4. The molecule has 0 aliphatic carbocycles. The number of amides is 4. The molecule has 1 aliphatic rings. The maximum Gasteiger partial charge on any atom is 0.416 e. The second kappa shape index (κ2) is 15.3. The van der Waals surface area contributed by atoms with Gasteiger partial charge in [0, 0.05) is 16.7 Å². The molecule has 0 atom stereocenters. The minimum absolute atomic E-state index is 0.0445. The highest BCUT2D eigenvalue weighted by Gasteiger charge is 2.39. The largest absolute Gasteiger partial charge is 0.444 e. The van der Waals surface area contributed by atoms with E-state index in [4.69, 9.17) is 25.9 Å². The Morgan fingerprint density at radius 3 is 2.18 bits per heavy atom. The summed E-state index contributed by atoms with van der Waals surface area (Å²) in [6.07, 6.45) is -6.51. The van der Waals surface area contributed by atoms with Crippen molar-refractivity contribution in [3.63, 3.8) is 0 Å². The molecule has 17 heteroatoms. The summed E-state index contributed by atoms with van der Waals surface area (Å²) >= 11 is 6.50. The van der Waals surface area contributed by atoms with E-state index < -0.39 is 52.6 Å². The number of aromatic nitrogens is 1. The van der Waals surface area contributed by atoms with Crippen molar-refractivity contribution in [3.8, 4) is 0 Å². The Morgan fingerprint density at radius 1 is 0.940 bits per heavy atom. The van der Waals surface area contributed by atoms with Crippen LogP contribution in [0.4, 0.5) is 27.6 Å². The summed E-state index contributed by atoms with van der Waals surface area (Å²) in [5.41, 5.74) is 1.07. The van der Waals surface area contributed by atoms with Gasteiger partial charge in [-0.05, 0) is 112 Å². The molecule has 0 spiro atoms. The van der Waals surface area contributed by atoms with Crippen molar-refractivity contribution in [2.45, 2.75) is 71.6 Å². The van der Waals surface area contributed by atoms with Gasteiger partial charge in [-0.2, -0.15) is 18.7 Å². The number of hydrogen-bond donors (Lipinski definition) is 4. The molecule has 0 radical (unpaired) electrons. The van der Waals surface area contributed by atoms with Gasteiger partial charge in [0.2, 0.25) is 0 Å². The number of hydroxylamine groups is 1. The van der Waals surface area contributed by atoms with E-state index in [1.807, 2.05) is 0 Å². The van der Waals surface area contributed by atoms with Gasteiger partial charge in [-0.15, -0.1) is 0 Å². The highest BCUT2D eigenvalue weighted by atomic mass is 35.5. The number of carbonyl (C=O) groups excluding carboxylic acids is 4. The molecular formula is C33H37ClF3N5O7S. The Hall–Kier alpha value is -4.25. The lowest BCUT2D eigenvalue weighted by Crippen LogP contribution is -2.58. The molecule has 0 bridgehead atoms. The molecule has 1 aromatic heterocycles. The van der Waals surface area contributed by atoms with Gasteiger partial charge < -0.3 is 14.5 Å². The zero-order valence-corrected chi connectivity index (χ0v) is 29.6. The minimum Gasteiger partial charge on any atom is -0.444 e. The molecule has 2 heterocycles. The monoisotopic (exact) mass is 739 g/mol. The fourth-order valence-corrected chi connectivity index (χ4v) is 5.85.